The molecule has 0 fully saturated rings. The molecule has 5 nitrogen and oxygen atoms in total. The van der Waals surface area contributed by atoms with Gasteiger partial charge in [-0.3, -0.25) is 4.79 Å². The van der Waals surface area contributed by atoms with Crippen LogP contribution in [0, 0.1) is 0 Å². The Bertz CT molecular complexity index is 315. The number of hydrogen-bond acceptors (Lipinski definition) is 5. The first kappa shape index (κ1) is 21.8. The molecule has 0 aliphatic rings. The molecule has 0 aromatic rings. The van der Waals surface area contributed by atoms with Gasteiger partial charge >= 0.3 is 5.97 Å². The van der Waals surface area contributed by atoms with Crippen LogP contribution in [0.5, 0.6) is 0 Å². The van der Waals surface area contributed by atoms with Crippen molar-refractivity contribution in [1.29, 1.82) is 0 Å². The molecule has 1 unspecified atom stereocenters. The van der Waals surface area contributed by atoms with Crippen LogP contribution in [0.3, 0.4) is 0 Å². The van der Waals surface area contributed by atoms with Crippen LogP contribution in [0.2, 0.25) is 0 Å². The van der Waals surface area contributed by atoms with Crippen LogP contribution >= 0.6 is 0 Å². The molecular formula is C18H32O5. The average molecular weight is 328 g/mol. The van der Waals surface area contributed by atoms with E-state index in [1.165, 1.54) is 12.8 Å². The first-order chi connectivity index (χ1) is 11.2. The van der Waals surface area contributed by atoms with E-state index in [0.29, 0.717) is 25.7 Å². The van der Waals surface area contributed by atoms with Gasteiger partial charge in [0.05, 0.1) is 0 Å². The number of ether oxygens (including phenoxy) is 1. The molecule has 23 heavy (non-hydrogen) atoms. The zero-order valence-electron chi connectivity index (χ0n) is 14.4. The molecular weight excluding hydrogens is 296 g/mol. The molecule has 0 aromatic carbocycles. The number of hydrogen-bond donors (Lipinski definition) is 1. The molecule has 0 bridgehead atoms. The Kier molecular flexibility index (Phi) is 16.3. The SMILES string of the molecule is CCCC/C=C\CCC(OO)OC(=O)CCCCCCCC=O. The van der Waals surface area contributed by atoms with E-state index in [-0.39, 0.29) is 5.97 Å². The van der Waals surface area contributed by atoms with Gasteiger partial charge in [0.1, 0.15) is 6.29 Å². The summed E-state index contributed by atoms with van der Waals surface area (Å²) in [6.45, 7) is 2.15. The highest BCUT2D eigenvalue weighted by Gasteiger charge is 2.13. The van der Waals surface area contributed by atoms with Crippen molar-refractivity contribution in [2.75, 3.05) is 0 Å². The van der Waals surface area contributed by atoms with E-state index in [2.05, 4.69) is 17.9 Å². The number of rotatable bonds is 16. The summed E-state index contributed by atoms with van der Waals surface area (Å²) in [5.41, 5.74) is 0. The van der Waals surface area contributed by atoms with Crippen molar-refractivity contribution in [2.45, 2.75) is 90.3 Å². The number of aldehydes is 1. The van der Waals surface area contributed by atoms with Gasteiger partial charge in [0, 0.05) is 19.3 Å². The zero-order chi connectivity index (χ0) is 17.2. The maximum atomic E-state index is 11.6. The summed E-state index contributed by atoms with van der Waals surface area (Å²) in [4.78, 5) is 26.0. The standard InChI is InChI=1S/C18H32O5/c1-2-3-4-5-9-12-15-18(23-21)22-17(20)14-11-8-6-7-10-13-16-19/h5,9,16,18,21H,2-4,6-8,10-15H2,1H3/b9-5-. The molecule has 0 heterocycles. The highest BCUT2D eigenvalue weighted by molar-refractivity contribution is 5.69. The molecule has 0 saturated carbocycles. The van der Waals surface area contributed by atoms with Crippen molar-refractivity contribution in [3.8, 4) is 0 Å². The van der Waals surface area contributed by atoms with E-state index < -0.39 is 6.29 Å². The van der Waals surface area contributed by atoms with E-state index in [1.54, 1.807) is 0 Å². The summed E-state index contributed by atoms with van der Waals surface area (Å²) in [5, 5.41) is 8.78. The summed E-state index contributed by atoms with van der Waals surface area (Å²) in [5.74, 6) is -0.341. The maximum absolute atomic E-state index is 11.6. The highest BCUT2D eigenvalue weighted by Crippen LogP contribution is 2.10. The van der Waals surface area contributed by atoms with Crippen LogP contribution in [0.15, 0.2) is 12.2 Å². The van der Waals surface area contributed by atoms with Crippen molar-refractivity contribution < 1.29 is 24.5 Å². The molecule has 0 spiro atoms. The molecule has 0 aromatic heterocycles. The predicted molar refractivity (Wildman–Crippen MR) is 89.9 cm³/mol. The number of allylic oxidation sites excluding steroid dienone is 2. The van der Waals surface area contributed by atoms with Crippen molar-refractivity contribution >= 4 is 12.3 Å². The first-order valence-corrected chi connectivity index (χ1v) is 8.82. The Balaban J connectivity index is 3.63. The fraction of sp³-hybridized carbons (Fsp3) is 0.778. The molecule has 0 aliphatic carbocycles. The molecule has 0 amide bonds. The van der Waals surface area contributed by atoms with Crippen molar-refractivity contribution in [1.82, 2.24) is 0 Å². The van der Waals surface area contributed by atoms with E-state index in [0.717, 1.165) is 44.8 Å². The van der Waals surface area contributed by atoms with E-state index in [9.17, 15) is 9.59 Å². The van der Waals surface area contributed by atoms with Crippen LogP contribution in [-0.4, -0.2) is 23.8 Å². The van der Waals surface area contributed by atoms with Gasteiger partial charge in [0.2, 0.25) is 6.29 Å². The van der Waals surface area contributed by atoms with Gasteiger partial charge in [-0.1, -0.05) is 51.2 Å². The third kappa shape index (κ3) is 15.5. The van der Waals surface area contributed by atoms with E-state index in [4.69, 9.17) is 9.99 Å². The zero-order valence-corrected chi connectivity index (χ0v) is 14.4. The fourth-order valence-electron chi connectivity index (χ4n) is 2.16. The van der Waals surface area contributed by atoms with Gasteiger partial charge in [-0.2, -0.15) is 4.89 Å². The normalized spacial score (nSPS) is 12.4. The summed E-state index contributed by atoms with van der Waals surface area (Å²) in [6.07, 6.45) is 14.3. The summed E-state index contributed by atoms with van der Waals surface area (Å²) < 4.78 is 5.08. The van der Waals surface area contributed by atoms with Crippen molar-refractivity contribution in [3.63, 3.8) is 0 Å². The fourth-order valence-corrected chi connectivity index (χ4v) is 2.16. The third-order valence-electron chi connectivity index (χ3n) is 3.54. The Morgan fingerprint density at radius 2 is 1.70 bits per heavy atom. The maximum Gasteiger partial charge on any atom is 0.308 e. The number of carbonyl (C=O) groups excluding carboxylic acids is 2. The topological polar surface area (TPSA) is 72.8 Å². The number of unbranched alkanes of at least 4 members (excludes halogenated alkanes) is 7. The molecule has 1 N–H and O–H groups in total. The van der Waals surface area contributed by atoms with Crippen molar-refractivity contribution in [3.05, 3.63) is 12.2 Å². The summed E-state index contributed by atoms with van der Waals surface area (Å²) >= 11 is 0. The Labute approximate surface area is 140 Å². The third-order valence-corrected chi connectivity index (χ3v) is 3.54. The molecule has 0 radical (unpaired) electrons. The van der Waals surface area contributed by atoms with Crippen LogP contribution < -0.4 is 0 Å². The monoisotopic (exact) mass is 328 g/mol. The van der Waals surface area contributed by atoms with Crippen molar-refractivity contribution in [2.24, 2.45) is 0 Å². The summed E-state index contributed by atoms with van der Waals surface area (Å²) in [6, 6.07) is 0. The average Bonchev–Trinajstić information content (AvgIpc) is 2.56. The molecule has 134 valence electrons. The van der Waals surface area contributed by atoms with Gasteiger partial charge < -0.3 is 9.53 Å². The van der Waals surface area contributed by atoms with Crippen LogP contribution in [0.25, 0.3) is 0 Å². The second-order valence-corrected chi connectivity index (χ2v) is 5.69. The smallest absolute Gasteiger partial charge is 0.308 e. The molecule has 0 aliphatic heterocycles. The first-order valence-electron chi connectivity index (χ1n) is 8.82. The molecule has 0 rings (SSSR count). The molecule has 0 saturated heterocycles. The lowest BCUT2D eigenvalue weighted by atomic mass is 10.1. The van der Waals surface area contributed by atoms with Gasteiger partial charge in [-0.05, 0) is 25.7 Å². The Morgan fingerprint density at radius 1 is 1.00 bits per heavy atom. The lowest BCUT2D eigenvalue weighted by Gasteiger charge is -2.13. The van der Waals surface area contributed by atoms with Crippen LogP contribution in [0.1, 0.15) is 84.0 Å². The largest absolute Gasteiger partial charge is 0.433 e. The van der Waals surface area contributed by atoms with Gasteiger partial charge in [0.15, 0.2) is 0 Å². The van der Waals surface area contributed by atoms with Gasteiger partial charge in [-0.25, -0.2) is 5.26 Å². The second-order valence-electron chi connectivity index (χ2n) is 5.69. The Hall–Kier alpha value is -1.20. The van der Waals surface area contributed by atoms with Crippen LogP contribution in [0.4, 0.5) is 0 Å². The van der Waals surface area contributed by atoms with Crippen LogP contribution in [-0.2, 0) is 19.2 Å². The van der Waals surface area contributed by atoms with E-state index >= 15 is 0 Å². The minimum absolute atomic E-state index is 0.333. The highest BCUT2D eigenvalue weighted by atomic mass is 17.1. The minimum atomic E-state index is -0.883. The lowest BCUT2D eigenvalue weighted by Crippen LogP contribution is -2.20. The number of carbonyl (C=O) groups is 2. The lowest BCUT2D eigenvalue weighted by molar-refractivity contribution is -0.337. The molecule has 1 atom stereocenters. The summed E-state index contributed by atoms with van der Waals surface area (Å²) in [7, 11) is 0. The number of esters is 1. The van der Waals surface area contributed by atoms with Gasteiger partial charge in [-0.15, -0.1) is 0 Å². The Morgan fingerprint density at radius 3 is 2.39 bits per heavy atom. The molecule has 5 heteroatoms. The quantitative estimate of drug-likeness (QED) is 0.0838. The minimum Gasteiger partial charge on any atom is -0.433 e. The second kappa shape index (κ2) is 17.2. The van der Waals surface area contributed by atoms with E-state index in [1.807, 2.05) is 6.08 Å². The van der Waals surface area contributed by atoms with Gasteiger partial charge in [0.25, 0.3) is 0 Å². The predicted octanol–water partition coefficient (Wildman–Crippen LogP) is 4.80.